The fraction of sp³-hybridized carbons (Fsp3) is 0.381. The van der Waals surface area contributed by atoms with Gasteiger partial charge in [0.25, 0.3) is 11.1 Å². The van der Waals surface area contributed by atoms with Gasteiger partial charge in [0.15, 0.2) is 0 Å². The van der Waals surface area contributed by atoms with Gasteiger partial charge in [-0.15, -0.1) is 0 Å². The third-order valence-corrected chi connectivity index (χ3v) is 6.43. The molecule has 0 aliphatic carbocycles. The van der Waals surface area contributed by atoms with Crippen LogP contribution in [0.5, 0.6) is 0 Å². The molecule has 1 aromatic heterocycles. The number of para-hydroxylation sites is 1. The number of amides is 3. The maximum absolute atomic E-state index is 12.8. The molecule has 2 fully saturated rings. The first-order valence-corrected chi connectivity index (χ1v) is 10.3. The quantitative estimate of drug-likeness (QED) is 0.744. The smallest absolute Gasteiger partial charge is 0.294 e. The van der Waals surface area contributed by atoms with Crippen molar-refractivity contribution < 1.29 is 14.4 Å². The first-order valence-electron chi connectivity index (χ1n) is 9.51. The van der Waals surface area contributed by atoms with E-state index in [9.17, 15) is 14.4 Å². The summed E-state index contributed by atoms with van der Waals surface area (Å²) in [6.45, 7) is 3.40. The second-order valence-electron chi connectivity index (χ2n) is 7.54. The van der Waals surface area contributed by atoms with Crippen molar-refractivity contribution in [1.82, 2.24) is 14.4 Å². The van der Waals surface area contributed by atoms with E-state index in [0.717, 1.165) is 46.0 Å². The molecule has 0 saturated carbocycles. The molecule has 6 nitrogen and oxygen atoms in total. The van der Waals surface area contributed by atoms with Crippen molar-refractivity contribution in [1.29, 1.82) is 0 Å². The molecule has 3 heterocycles. The van der Waals surface area contributed by atoms with Crippen LogP contribution in [0.3, 0.4) is 0 Å². The van der Waals surface area contributed by atoms with Gasteiger partial charge in [0.1, 0.15) is 6.54 Å². The molecule has 2 aliphatic rings. The Kier molecular flexibility index (Phi) is 5.02. The first-order chi connectivity index (χ1) is 13.4. The fourth-order valence-corrected chi connectivity index (χ4v) is 4.59. The minimum atomic E-state index is -0.387. The third kappa shape index (κ3) is 3.46. The third-order valence-electron chi connectivity index (χ3n) is 5.52. The van der Waals surface area contributed by atoms with E-state index >= 15 is 0 Å². The largest absolute Gasteiger partial charge is 0.350 e. The minimum Gasteiger partial charge on any atom is -0.350 e. The number of fused-ring (bicyclic) bond motifs is 1. The second-order valence-corrected chi connectivity index (χ2v) is 8.54. The Labute approximate surface area is 168 Å². The fourth-order valence-electron chi connectivity index (χ4n) is 3.76. The molecule has 0 radical (unpaired) electrons. The number of piperidine rings is 1. The van der Waals surface area contributed by atoms with Gasteiger partial charge < -0.3 is 9.47 Å². The van der Waals surface area contributed by atoms with Crippen molar-refractivity contribution in [3.8, 4) is 0 Å². The van der Waals surface area contributed by atoms with Crippen LogP contribution in [-0.4, -0.2) is 51.1 Å². The molecule has 0 spiro atoms. The van der Waals surface area contributed by atoms with Crippen LogP contribution in [0, 0.1) is 5.92 Å². The zero-order valence-electron chi connectivity index (χ0n) is 16.1. The van der Waals surface area contributed by atoms with Crippen LogP contribution in [0.1, 0.15) is 25.3 Å². The summed E-state index contributed by atoms with van der Waals surface area (Å²) in [6, 6.07) is 7.92. The molecule has 146 valence electrons. The lowest BCUT2D eigenvalue weighted by Crippen LogP contribution is -2.45. The maximum atomic E-state index is 12.8. The summed E-state index contributed by atoms with van der Waals surface area (Å²) < 4.78 is 1.99. The monoisotopic (exact) mass is 397 g/mol. The van der Waals surface area contributed by atoms with Gasteiger partial charge in [-0.2, -0.15) is 0 Å². The Morgan fingerprint density at radius 3 is 2.68 bits per heavy atom. The number of carbonyl (C=O) groups is 3. The molecule has 7 heteroatoms. The molecule has 1 aromatic carbocycles. The van der Waals surface area contributed by atoms with Crippen LogP contribution in [0.25, 0.3) is 17.0 Å². The van der Waals surface area contributed by atoms with Crippen molar-refractivity contribution in [3.63, 3.8) is 0 Å². The van der Waals surface area contributed by atoms with Crippen LogP contribution >= 0.6 is 11.8 Å². The number of benzene rings is 1. The SMILES string of the molecule is CC1CCN(C(=O)CN2C(=O)S/C(=C/c3cn(C)c4ccccc34)C2=O)CC1. The number of imide groups is 1. The molecule has 4 rings (SSSR count). The Morgan fingerprint density at radius 2 is 1.93 bits per heavy atom. The lowest BCUT2D eigenvalue weighted by Gasteiger charge is -2.31. The lowest BCUT2D eigenvalue weighted by atomic mass is 9.99. The Balaban J connectivity index is 1.52. The van der Waals surface area contributed by atoms with E-state index in [2.05, 4.69) is 6.92 Å². The highest BCUT2D eigenvalue weighted by atomic mass is 32.2. The van der Waals surface area contributed by atoms with E-state index in [0.29, 0.717) is 23.9 Å². The molecule has 0 unspecified atom stereocenters. The van der Waals surface area contributed by atoms with Crippen LogP contribution in [0.2, 0.25) is 0 Å². The van der Waals surface area contributed by atoms with Crippen molar-refractivity contribution in [2.24, 2.45) is 13.0 Å². The topological polar surface area (TPSA) is 62.6 Å². The number of aryl methyl sites for hydroxylation is 1. The van der Waals surface area contributed by atoms with Crippen LogP contribution in [0.15, 0.2) is 35.4 Å². The second kappa shape index (κ2) is 7.47. The van der Waals surface area contributed by atoms with Gasteiger partial charge in [0.05, 0.1) is 4.91 Å². The van der Waals surface area contributed by atoms with Gasteiger partial charge in [0, 0.05) is 42.8 Å². The van der Waals surface area contributed by atoms with Crippen molar-refractivity contribution in [2.45, 2.75) is 19.8 Å². The van der Waals surface area contributed by atoms with Gasteiger partial charge in [0.2, 0.25) is 5.91 Å². The summed E-state index contributed by atoms with van der Waals surface area (Å²) >= 11 is 0.902. The molecular weight excluding hydrogens is 374 g/mol. The van der Waals surface area contributed by atoms with E-state index in [1.54, 1.807) is 11.0 Å². The van der Waals surface area contributed by atoms with Crippen LogP contribution < -0.4 is 0 Å². The maximum Gasteiger partial charge on any atom is 0.294 e. The number of rotatable bonds is 3. The van der Waals surface area contributed by atoms with Gasteiger partial charge in [-0.1, -0.05) is 25.1 Å². The summed E-state index contributed by atoms with van der Waals surface area (Å²) in [4.78, 5) is 40.9. The van der Waals surface area contributed by atoms with Gasteiger partial charge >= 0.3 is 0 Å². The van der Waals surface area contributed by atoms with Gasteiger partial charge in [-0.05, 0) is 42.7 Å². The molecule has 0 N–H and O–H groups in total. The lowest BCUT2D eigenvalue weighted by molar-refractivity contribution is -0.136. The average molecular weight is 398 g/mol. The van der Waals surface area contributed by atoms with E-state index < -0.39 is 0 Å². The standard InChI is InChI=1S/C21H23N3O3S/c1-14-7-9-23(10-8-14)19(25)13-24-20(26)18(28-21(24)27)11-15-12-22(2)17-6-4-3-5-16(15)17/h3-6,11-12,14H,7-10,13H2,1-2H3/b18-11+. The van der Waals surface area contributed by atoms with Crippen molar-refractivity contribution >= 4 is 45.8 Å². The molecule has 0 bridgehead atoms. The van der Waals surface area contributed by atoms with Gasteiger partial charge in [-0.25, -0.2) is 0 Å². The number of hydrogen-bond donors (Lipinski definition) is 0. The molecule has 0 atom stereocenters. The molecular formula is C21H23N3O3S. The van der Waals surface area contributed by atoms with Crippen LogP contribution in [-0.2, 0) is 16.6 Å². The van der Waals surface area contributed by atoms with Crippen molar-refractivity contribution in [3.05, 3.63) is 40.9 Å². The highest BCUT2D eigenvalue weighted by Crippen LogP contribution is 2.34. The molecule has 2 aromatic rings. The molecule has 28 heavy (non-hydrogen) atoms. The molecule has 2 saturated heterocycles. The number of hydrogen-bond acceptors (Lipinski definition) is 4. The number of aromatic nitrogens is 1. The normalized spacial score (nSPS) is 20.0. The number of nitrogens with zero attached hydrogens (tertiary/aromatic N) is 3. The van der Waals surface area contributed by atoms with E-state index in [4.69, 9.17) is 0 Å². The van der Waals surface area contributed by atoms with Crippen molar-refractivity contribution in [2.75, 3.05) is 19.6 Å². The predicted molar refractivity (Wildman–Crippen MR) is 111 cm³/mol. The highest BCUT2D eigenvalue weighted by Gasteiger charge is 2.37. The minimum absolute atomic E-state index is 0.152. The van der Waals surface area contributed by atoms with E-state index in [-0.39, 0.29) is 23.6 Å². The molecule has 2 aliphatic heterocycles. The van der Waals surface area contributed by atoms with Crippen LogP contribution in [0.4, 0.5) is 4.79 Å². The molecule has 3 amide bonds. The summed E-state index contributed by atoms with van der Waals surface area (Å²) in [5, 5.41) is 0.644. The van der Waals surface area contributed by atoms with Gasteiger partial charge in [-0.3, -0.25) is 19.3 Å². The summed E-state index contributed by atoms with van der Waals surface area (Å²) in [5.41, 5.74) is 1.95. The zero-order valence-corrected chi connectivity index (χ0v) is 16.9. The number of thioether (sulfide) groups is 1. The summed E-state index contributed by atoms with van der Waals surface area (Å²) in [5.74, 6) is 0.0761. The Bertz CT molecular complexity index is 986. The highest BCUT2D eigenvalue weighted by molar-refractivity contribution is 8.18. The van der Waals surface area contributed by atoms with E-state index in [1.165, 1.54) is 0 Å². The summed E-state index contributed by atoms with van der Waals surface area (Å²) in [7, 11) is 1.95. The number of likely N-dealkylation sites (tertiary alicyclic amines) is 1. The number of carbonyl (C=O) groups excluding carboxylic acids is 3. The zero-order chi connectivity index (χ0) is 19.8. The Hall–Kier alpha value is -2.54. The Morgan fingerprint density at radius 1 is 1.21 bits per heavy atom. The predicted octanol–water partition coefficient (Wildman–Crippen LogP) is 3.47. The van der Waals surface area contributed by atoms with E-state index in [1.807, 2.05) is 42.1 Å². The first kappa shape index (κ1) is 18.8. The summed E-state index contributed by atoms with van der Waals surface area (Å²) in [6.07, 6.45) is 5.63. The average Bonchev–Trinajstić information content (AvgIpc) is 3.14.